The number of benzene rings is 5. The molecule has 0 bridgehead atoms. The van der Waals surface area contributed by atoms with Gasteiger partial charge in [0, 0.05) is 16.3 Å². The molecule has 7 rings (SSSR count). The maximum Gasteiger partial charge on any atom is 0.297 e. The van der Waals surface area contributed by atoms with E-state index in [0.717, 1.165) is 61.3 Å². The molecule has 0 saturated heterocycles. The first kappa shape index (κ1) is 23.7. The minimum atomic E-state index is 0.609. The van der Waals surface area contributed by atoms with Crippen molar-refractivity contribution < 1.29 is 8.98 Å². The summed E-state index contributed by atoms with van der Waals surface area (Å²) in [4.78, 5) is 0. The van der Waals surface area contributed by atoms with E-state index in [1.54, 1.807) is 0 Å². The third-order valence-electron chi connectivity index (χ3n) is 7.64. The molecule has 0 radical (unpaired) electrons. The molecule has 2 aromatic heterocycles. The van der Waals surface area contributed by atoms with Gasteiger partial charge < -0.3 is 4.42 Å². The van der Waals surface area contributed by atoms with E-state index in [1.165, 1.54) is 5.56 Å². The number of para-hydroxylation sites is 1. The number of aryl methyl sites for hydroxylation is 2. The highest BCUT2D eigenvalue weighted by atomic mass is 16.3. The summed E-state index contributed by atoms with van der Waals surface area (Å²) in [5.74, 6) is 1.03. The number of fused-ring (bicyclic) bond motifs is 3. The summed E-state index contributed by atoms with van der Waals surface area (Å²) in [6, 6.07) is 39.6. The molecule has 0 unspecified atom stereocenters. The monoisotopic (exact) mass is 516 g/mol. The Hall–Kier alpha value is -5.40. The van der Waals surface area contributed by atoms with Crippen LogP contribution in [0.15, 0.2) is 126 Å². The van der Waals surface area contributed by atoms with Crippen molar-refractivity contribution in [3.63, 3.8) is 0 Å². The summed E-state index contributed by atoms with van der Waals surface area (Å²) in [6.45, 7) is 2.12. The normalized spacial score (nSPS) is 11.2. The Balaban J connectivity index is 1.47. The number of nitriles is 1. The van der Waals surface area contributed by atoms with E-state index in [0.29, 0.717) is 5.56 Å². The van der Waals surface area contributed by atoms with Crippen molar-refractivity contribution in [1.29, 1.82) is 5.26 Å². The van der Waals surface area contributed by atoms with Gasteiger partial charge in [-0.25, -0.2) is 4.57 Å². The molecule has 0 spiro atoms. The highest BCUT2D eigenvalue weighted by Crippen LogP contribution is 2.42. The zero-order valence-corrected chi connectivity index (χ0v) is 22.3. The third kappa shape index (κ3) is 3.80. The first-order valence-electron chi connectivity index (χ1n) is 13.3. The lowest BCUT2D eigenvalue weighted by molar-refractivity contribution is -0.659. The molecule has 0 fully saturated rings. The second kappa shape index (κ2) is 9.41. The summed E-state index contributed by atoms with van der Waals surface area (Å²) in [5, 5.41) is 11.9. The number of hydrogen-bond donors (Lipinski definition) is 0. The Labute approximate surface area is 232 Å². The maximum atomic E-state index is 9.93. The lowest BCUT2D eigenvalue weighted by atomic mass is 9.96. The van der Waals surface area contributed by atoms with Crippen LogP contribution >= 0.6 is 0 Å². The Morgan fingerprint density at radius 3 is 2.12 bits per heavy atom. The van der Waals surface area contributed by atoms with Crippen LogP contribution in [0.3, 0.4) is 0 Å². The van der Waals surface area contributed by atoms with Crippen LogP contribution in [0.5, 0.6) is 0 Å². The average Bonchev–Trinajstić information content (AvgIpc) is 3.58. The van der Waals surface area contributed by atoms with Crippen molar-refractivity contribution in [3.05, 3.63) is 133 Å². The van der Waals surface area contributed by atoms with Gasteiger partial charge in [0.05, 0.1) is 18.7 Å². The minimum Gasteiger partial charge on any atom is -0.454 e. The standard InChI is InChI=1S/C36H26N3O/c1-24-13-18-30-32-22-25(23-37)21-31(28-16-14-27(15-17-28)26-9-5-3-6-10-26)34(32)40-35(30)33(24)36-38(2)19-20-39(36)29-11-7-4-8-12-29/h3-22H,1-2H3/q+1. The van der Waals surface area contributed by atoms with Gasteiger partial charge in [0.15, 0.2) is 5.58 Å². The summed E-state index contributed by atoms with van der Waals surface area (Å²) in [7, 11) is 2.06. The molecule has 190 valence electrons. The third-order valence-corrected chi connectivity index (χ3v) is 7.64. The van der Waals surface area contributed by atoms with Crippen molar-refractivity contribution in [2.75, 3.05) is 0 Å². The van der Waals surface area contributed by atoms with E-state index >= 15 is 0 Å². The lowest BCUT2D eigenvalue weighted by Crippen LogP contribution is -2.29. The van der Waals surface area contributed by atoms with Gasteiger partial charge in [-0.05, 0) is 53.4 Å². The Bertz CT molecular complexity index is 2060. The molecule has 0 saturated carbocycles. The number of nitrogens with zero attached hydrogens (tertiary/aromatic N) is 3. The van der Waals surface area contributed by atoms with Gasteiger partial charge in [-0.2, -0.15) is 9.83 Å². The Kier molecular flexibility index (Phi) is 5.58. The molecule has 5 aromatic carbocycles. The van der Waals surface area contributed by atoms with Crippen LogP contribution < -0.4 is 4.57 Å². The fraction of sp³-hybridized carbons (Fsp3) is 0.0556. The molecular weight excluding hydrogens is 490 g/mol. The van der Waals surface area contributed by atoms with Crippen LogP contribution in [0, 0.1) is 18.3 Å². The van der Waals surface area contributed by atoms with E-state index in [2.05, 4.69) is 102 Å². The molecular formula is C36H26N3O+. The fourth-order valence-electron chi connectivity index (χ4n) is 5.64. The van der Waals surface area contributed by atoms with Crippen LogP contribution in [-0.4, -0.2) is 4.57 Å². The topological polar surface area (TPSA) is 45.7 Å². The lowest BCUT2D eigenvalue weighted by Gasteiger charge is -2.07. The fourth-order valence-corrected chi connectivity index (χ4v) is 5.64. The van der Waals surface area contributed by atoms with Crippen molar-refractivity contribution in [2.24, 2.45) is 7.05 Å². The summed E-state index contributed by atoms with van der Waals surface area (Å²) >= 11 is 0. The van der Waals surface area contributed by atoms with Gasteiger partial charge in [-0.3, -0.25) is 0 Å². The first-order chi connectivity index (χ1) is 19.6. The Morgan fingerprint density at radius 1 is 0.725 bits per heavy atom. The number of rotatable bonds is 4. The van der Waals surface area contributed by atoms with E-state index < -0.39 is 0 Å². The summed E-state index contributed by atoms with van der Waals surface area (Å²) in [6.07, 6.45) is 4.15. The van der Waals surface area contributed by atoms with Crippen molar-refractivity contribution in [3.8, 4) is 45.4 Å². The number of imidazole rings is 1. The maximum absolute atomic E-state index is 9.93. The van der Waals surface area contributed by atoms with Crippen molar-refractivity contribution in [2.45, 2.75) is 6.92 Å². The second-order valence-electron chi connectivity index (χ2n) is 10.1. The van der Waals surface area contributed by atoms with E-state index in [4.69, 9.17) is 4.42 Å². The molecule has 2 heterocycles. The zero-order chi connectivity index (χ0) is 27.2. The highest BCUT2D eigenvalue weighted by Gasteiger charge is 2.26. The molecule has 0 aliphatic heterocycles. The highest BCUT2D eigenvalue weighted by molar-refractivity contribution is 6.13. The molecule has 4 nitrogen and oxygen atoms in total. The van der Waals surface area contributed by atoms with E-state index in [9.17, 15) is 5.26 Å². The number of furan rings is 1. The van der Waals surface area contributed by atoms with Gasteiger partial charge in [-0.15, -0.1) is 0 Å². The van der Waals surface area contributed by atoms with Gasteiger partial charge in [-0.1, -0.05) is 84.9 Å². The number of hydrogen-bond acceptors (Lipinski definition) is 2. The SMILES string of the molecule is Cc1ccc2c(oc3c(-c4ccc(-c5ccccc5)cc4)cc(C#N)cc32)c1-c1n(-c2ccccc2)cc[n+]1C. The van der Waals surface area contributed by atoms with Crippen LogP contribution in [0.1, 0.15) is 11.1 Å². The van der Waals surface area contributed by atoms with Gasteiger partial charge in [0.1, 0.15) is 29.2 Å². The second-order valence-corrected chi connectivity index (χ2v) is 10.1. The minimum absolute atomic E-state index is 0.609. The smallest absolute Gasteiger partial charge is 0.297 e. The molecule has 0 N–H and O–H groups in total. The predicted octanol–water partition coefficient (Wildman–Crippen LogP) is 8.38. The van der Waals surface area contributed by atoms with Gasteiger partial charge >= 0.3 is 0 Å². The van der Waals surface area contributed by atoms with Gasteiger partial charge in [0.2, 0.25) is 0 Å². The predicted molar refractivity (Wildman–Crippen MR) is 160 cm³/mol. The summed E-state index contributed by atoms with van der Waals surface area (Å²) < 4.78 is 11.1. The molecule has 0 amide bonds. The molecule has 0 atom stereocenters. The molecule has 0 aliphatic rings. The van der Waals surface area contributed by atoms with E-state index in [-0.39, 0.29) is 0 Å². The molecule has 4 heteroatoms. The first-order valence-corrected chi connectivity index (χ1v) is 13.3. The van der Waals surface area contributed by atoms with E-state index in [1.807, 2.05) is 48.5 Å². The quantitative estimate of drug-likeness (QED) is 0.221. The molecule has 40 heavy (non-hydrogen) atoms. The van der Waals surface area contributed by atoms with Crippen LogP contribution in [0.4, 0.5) is 0 Å². The van der Waals surface area contributed by atoms with Crippen molar-refractivity contribution >= 4 is 21.9 Å². The van der Waals surface area contributed by atoms with Crippen LogP contribution in [0.25, 0.3) is 61.3 Å². The largest absolute Gasteiger partial charge is 0.454 e. The summed E-state index contributed by atoms with van der Waals surface area (Å²) in [5.41, 5.74) is 9.69. The Morgan fingerprint density at radius 2 is 1.40 bits per heavy atom. The molecule has 7 aromatic rings. The van der Waals surface area contributed by atoms with Gasteiger partial charge in [0.25, 0.3) is 5.82 Å². The van der Waals surface area contributed by atoms with Crippen molar-refractivity contribution in [1.82, 2.24) is 4.57 Å². The van der Waals surface area contributed by atoms with Crippen LogP contribution in [-0.2, 0) is 7.05 Å². The van der Waals surface area contributed by atoms with Crippen LogP contribution in [0.2, 0.25) is 0 Å². The average molecular weight is 517 g/mol. The molecule has 0 aliphatic carbocycles. The zero-order valence-electron chi connectivity index (χ0n) is 22.3. The number of aromatic nitrogens is 2.